The number of nitrogens with zero attached hydrogens (tertiary/aromatic N) is 3. The topological polar surface area (TPSA) is 79.3 Å². The van der Waals surface area contributed by atoms with Crippen LogP contribution in [0.1, 0.15) is 28.9 Å². The van der Waals surface area contributed by atoms with E-state index in [0.29, 0.717) is 18.7 Å². The zero-order valence-corrected chi connectivity index (χ0v) is 13.9. The second kappa shape index (κ2) is 7.33. The van der Waals surface area contributed by atoms with Gasteiger partial charge in [0.05, 0.1) is 24.3 Å². The van der Waals surface area contributed by atoms with Gasteiger partial charge in [0.25, 0.3) is 5.91 Å². The van der Waals surface area contributed by atoms with Crippen LogP contribution in [0.2, 0.25) is 0 Å². The van der Waals surface area contributed by atoms with Crippen LogP contribution in [0.5, 0.6) is 0 Å². The number of benzene rings is 1. The van der Waals surface area contributed by atoms with E-state index in [4.69, 9.17) is 0 Å². The summed E-state index contributed by atoms with van der Waals surface area (Å²) < 4.78 is 13.7. The number of anilines is 1. The van der Waals surface area contributed by atoms with Crippen molar-refractivity contribution < 1.29 is 14.0 Å². The van der Waals surface area contributed by atoms with E-state index in [2.05, 4.69) is 15.7 Å². The lowest BCUT2D eigenvalue weighted by atomic mass is 10.1. The number of nitrogens with one attached hydrogen (secondary N) is 2. The minimum absolute atomic E-state index is 0.0978. The highest BCUT2D eigenvalue weighted by Crippen LogP contribution is 2.20. The number of aromatic nitrogens is 2. The third kappa shape index (κ3) is 3.78. The molecule has 1 aromatic carbocycles. The standard InChI is InChI=1S/C17H20FN5O2/c1-12(21-16(24)14-10-20-22(11-14)8-6-18)13-2-4-15(5-3-13)23-9-7-19-17(23)25/h2-5,10-12H,6-9H2,1H3,(H,19,25)(H,21,24). The third-order valence-electron chi connectivity index (χ3n) is 4.12. The number of rotatable bonds is 6. The molecule has 0 aliphatic carbocycles. The van der Waals surface area contributed by atoms with E-state index in [-0.39, 0.29) is 24.5 Å². The summed E-state index contributed by atoms with van der Waals surface area (Å²) in [6, 6.07) is 7.19. The van der Waals surface area contributed by atoms with E-state index in [1.807, 2.05) is 31.2 Å². The number of halogens is 1. The highest BCUT2D eigenvalue weighted by Gasteiger charge is 2.21. The first-order chi connectivity index (χ1) is 12.1. The van der Waals surface area contributed by atoms with E-state index < -0.39 is 6.67 Å². The quantitative estimate of drug-likeness (QED) is 0.839. The first kappa shape index (κ1) is 16.9. The van der Waals surface area contributed by atoms with Crippen LogP contribution in [0.3, 0.4) is 0 Å². The van der Waals surface area contributed by atoms with Crippen LogP contribution in [0.15, 0.2) is 36.7 Å². The molecule has 1 aromatic heterocycles. The Labute approximate surface area is 144 Å². The van der Waals surface area contributed by atoms with Gasteiger partial charge in [-0.2, -0.15) is 5.10 Å². The molecule has 1 aliphatic heterocycles. The van der Waals surface area contributed by atoms with Crippen molar-refractivity contribution in [3.05, 3.63) is 47.8 Å². The molecule has 132 valence electrons. The fourth-order valence-electron chi connectivity index (χ4n) is 2.71. The Morgan fingerprint density at radius 2 is 2.16 bits per heavy atom. The Morgan fingerprint density at radius 1 is 1.40 bits per heavy atom. The fraction of sp³-hybridized carbons (Fsp3) is 0.353. The molecule has 1 fully saturated rings. The molecule has 2 aromatic rings. The van der Waals surface area contributed by atoms with Crippen molar-refractivity contribution in [2.45, 2.75) is 19.5 Å². The molecule has 0 saturated carbocycles. The lowest BCUT2D eigenvalue weighted by molar-refractivity contribution is 0.0939. The number of alkyl halides is 1. The number of carbonyl (C=O) groups excluding carboxylic acids is 2. The summed E-state index contributed by atoms with van der Waals surface area (Å²) in [7, 11) is 0. The molecule has 1 saturated heterocycles. The van der Waals surface area contributed by atoms with E-state index >= 15 is 0 Å². The predicted molar refractivity (Wildman–Crippen MR) is 91.3 cm³/mol. The second-order valence-electron chi connectivity index (χ2n) is 5.85. The van der Waals surface area contributed by atoms with Crippen molar-refractivity contribution in [3.63, 3.8) is 0 Å². The molecule has 0 radical (unpaired) electrons. The van der Waals surface area contributed by atoms with Crippen LogP contribution < -0.4 is 15.5 Å². The maximum Gasteiger partial charge on any atom is 0.321 e. The van der Waals surface area contributed by atoms with Gasteiger partial charge in [-0.3, -0.25) is 14.4 Å². The van der Waals surface area contributed by atoms with Gasteiger partial charge in [0.2, 0.25) is 0 Å². The Morgan fingerprint density at radius 3 is 2.80 bits per heavy atom. The Bertz CT molecular complexity index is 759. The zero-order valence-electron chi connectivity index (χ0n) is 13.9. The molecule has 3 rings (SSSR count). The van der Waals surface area contributed by atoms with Crippen molar-refractivity contribution in [3.8, 4) is 0 Å². The monoisotopic (exact) mass is 345 g/mol. The van der Waals surface area contributed by atoms with Crippen molar-refractivity contribution in [2.24, 2.45) is 0 Å². The summed E-state index contributed by atoms with van der Waals surface area (Å²) in [6.07, 6.45) is 2.95. The van der Waals surface area contributed by atoms with E-state index in [0.717, 1.165) is 11.3 Å². The van der Waals surface area contributed by atoms with Gasteiger partial charge in [0, 0.05) is 25.0 Å². The molecular weight excluding hydrogens is 325 g/mol. The van der Waals surface area contributed by atoms with Gasteiger partial charge in [-0.25, -0.2) is 9.18 Å². The summed E-state index contributed by atoms with van der Waals surface area (Å²) in [5, 5.41) is 9.59. The number of carbonyl (C=O) groups is 2. The first-order valence-corrected chi connectivity index (χ1v) is 8.13. The number of hydrogen-bond donors (Lipinski definition) is 2. The number of amides is 3. The van der Waals surface area contributed by atoms with Gasteiger partial charge in [-0.1, -0.05) is 12.1 Å². The molecule has 25 heavy (non-hydrogen) atoms. The van der Waals surface area contributed by atoms with E-state index in [9.17, 15) is 14.0 Å². The molecule has 1 unspecified atom stereocenters. The summed E-state index contributed by atoms with van der Waals surface area (Å²) in [5.41, 5.74) is 2.14. The molecular formula is C17H20FN5O2. The van der Waals surface area contributed by atoms with Gasteiger partial charge < -0.3 is 10.6 Å². The minimum Gasteiger partial charge on any atom is -0.345 e. The second-order valence-corrected chi connectivity index (χ2v) is 5.85. The van der Waals surface area contributed by atoms with Crippen LogP contribution in [0.25, 0.3) is 0 Å². The average molecular weight is 345 g/mol. The maximum atomic E-state index is 12.3. The van der Waals surface area contributed by atoms with E-state index in [1.165, 1.54) is 17.1 Å². The highest BCUT2D eigenvalue weighted by atomic mass is 19.1. The third-order valence-corrected chi connectivity index (χ3v) is 4.12. The average Bonchev–Trinajstić information content (AvgIpc) is 3.24. The van der Waals surface area contributed by atoms with Crippen LogP contribution in [-0.4, -0.2) is 41.5 Å². The Balaban J connectivity index is 1.63. The molecule has 8 heteroatoms. The lowest BCUT2D eigenvalue weighted by Crippen LogP contribution is -2.28. The normalized spacial score (nSPS) is 15.1. The highest BCUT2D eigenvalue weighted by molar-refractivity contribution is 5.94. The molecule has 3 amide bonds. The van der Waals surface area contributed by atoms with Gasteiger partial charge in [0.15, 0.2) is 0 Å². The molecule has 1 aliphatic rings. The lowest BCUT2D eigenvalue weighted by Gasteiger charge is -2.17. The Hall–Kier alpha value is -2.90. The van der Waals surface area contributed by atoms with Gasteiger partial charge in [-0.15, -0.1) is 0 Å². The molecule has 2 heterocycles. The zero-order chi connectivity index (χ0) is 17.8. The van der Waals surface area contributed by atoms with Crippen molar-refractivity contribution in [2.75, 3.05) is 24.7 Å². The Kier molecular flexibility index (Phi) is 4.97. The number of hydrogen-bond acceptors (Lipinski definition) is 3. The fourth-order valence-corrected chi connectivity index (χ4v) is 2.71. The van der Waals surface area contributed by atoms with Crippen LogP contribution >= 0.6 is 0 Å². The first-order valence-electron chi connectivity index (χ1n) is 8.13. The van der Waals surface area contributed by atoms with Gasteiger partial charge in [-0.05, 0) is 24.6 Å². The molecule has 0 bridgehead atoms. The molecule has 0 spiro atoms. The number of urea groups is 1. The van der Waals surface area contributed by atoms with Gasteiger partial charge >= 0.3 is 6.03 Å². The van der Waals surface area contributed by atoms with Crippen LogP contribution in [0, 0.1) is 0 Å². The minimum atomic E-state index is -0.527. The van der Waals surface area contributed by atoms with Crippen molar-refractivity contribution in [1.82, 2.24) is 20.4 Å². The number of aryl methyl sites for hydroxylation is 1. The van der Waals surface area contributed by atoms with Crippen LogP contribution in [0.4, 0.5) is 14.9 Å². The summed E-state index contributed by atoms with van der Waals surface area (Å²) in [6.45, 7) is 2.77. The summed E-state index contributed by atoms with van der Waals surface area (Å²) in [5.74, 6) is -0.263. The predicted octanol–water partition coefficient (Wildman–Crippen LogP) is 1.87. The summed E-state index contributed by atoms with van der Waals surface area (Å²) >= 11 is 0. The van der Waals surface area contributed by atoms with Crippen molar-refractivity contribution in [1.29, 1.82) is 0 Å². The maximum absolute atomic E-state index is 12.3. The van der Waals surface area contributed by atoms with Crippen molar-refractivity contribution >= 4 is 17.6 Å². The SMILES string of the molecule is CC(NC(=O)c1cnn(CCF)c1)c1ccc(N2CCNC2=O)cc1. The largest absolute Gasteiger partial charge is 0.345 e. The molecule has 1 atom stereocenters. The summed E-state index contributed by atoms with van der Waals surface area (Å²) in [4.78, 5) is 25.6. The smallest absolute Gasteiger partial charge is 0.321 e. The van der Waals surface area contributed by atoms with E-state index in [1.54, 1.807) is 4.90 Å². The van der Waals surface area contributed by atoms with Crippen LogP contribution in [-0.2, 0) is 6.54 Å². The molecule has 7 nitrogen and oxygen atoms in total. The molecule has 2 N–H and O–H groups in total. The van der Waals surface area contributed by atoms with Gasteiger partial charge in [0.1, 0.15) is 6.67 Å².